The highest BCUT2D eigenvalue weighted by molar-refractivity contribution is 7.98. The molecule has 2 aromatic rings. The van der Waals surface area contributed by atoms with Gasteiger partial charge in [0.25, 0.3) is 5.56 Å². The number of aromatic nitrogens is 2. The number of unbranched alkanes of at least 4 members (excludes halogenated alkanes) is 2. The average molecular weight is 485 g/mol. The SMILES string of the molecule is CCCC/C=C/N1C(Cn2c(SCc3ccc(F)cc3)nc(=O)c3c2CCC3)=NOC1CCC. The molecule has 6 nitrogen and oxygen atoms in total. The molecule has 0 spiro atoms. The molecule has 0 bridgehead atoms. The van der Waals surface area contributed by atoms with Gasteiger partial charge < -0.3 is 9.40 Å². The summed E-state index contributed by atoms with van der Waals surface area (Å²) in [5.74, 6) is 1.18. The van der Waals surface area contributed by atoms with Crippen LogP contribution < -0.4 is 5.56 Å². The molecule has 1 unspecified atom stereocenters. The van der Waals surface area contributed by atoms with Crippen molar-refractivity contribution >= 4 is 17.6 Å². The lowest BCUT2D eigenvalue weighted by atomic mass is 10.2. The second kappa shape index (κ2) is 11.7. The zero-order valence-electron chi connectivity index (χ0n) is 20.0. The van der Waals surface area contributed by atoms with Crippen LogP contribution in [0.3, 0.4) is 0 Å². The second-order valence-electron chi connectivity index (χ2n) is 8.77. The van der Waals surface area contributed by atoms with Crippen molar-refractivity contribution in [3.8, 4) is 0 Å². The molecule has 1 aromatic carbocycles. The summed E-state index contributed by atoms with van der Waals surface area (Å²) in [6, 6.07) is 6.46. The fraction of sp³-hybridized carbons (Fsp3) is 0.500. The summed E-state index contributed by atoms with van der Waals surface area (Å²) in [6.07, 6.45) is 12.0. The summed E-state index contributed by atoms with van der Waals surface area (Å²) in [5.41, 5.74) is 2.73. The van der Waals surface area contributed by atoms with E-state index in [4.69, 9.17) is 4.84 Å². The van der Waals surface area contributed by atoms with Gasteiger partial charge in [-0.05, 0) is 43.4 Å². The first-order valence-electron chi connectivity index (χ1n) is 12.3. The highest BCUT2D eigenvalue weighted by atomic mass is 32.2. The number of halogens is 1. The summed E-state index contributed by atoms with van der Waals surface area (Å²) in [6.45, 7) is 4.83. The molecule has 34 heavy (non-hydrogen) atoms. The third-order valence-corrected chi connectivity index (χ3v) is 7.24. The summed E-state index contributed by atoms with van der Waals surface area (Å²) >= 11 is 1.50. The van der Waals surface area contributed by atoms with Crippen molar-refractivity contribution in [1.29, 1.82) is 0 Å². The van der Waals surface area contributed by atoms with Crippen LogP contribution in [0.25, 0.3) is 0 Å². The quantitative estimate of drug-likeness (QED) is 0.235. The topological polar surface area (TPSA) is 59.7 Å². The Kier molecular flexibility index (Phi) is 8.43. The van der Waals surface area contributed by atoms with Crippen LogP contribution in [0.5, 0.6) is 0 Å². The van der Waals surface area contributed by atoms with Gasteiger partial charge in [-0.3, -0.25) is 9.69 Å². The molecular weight excluding hydrogens is 451 g/mol. The minimum Gasteiger partial charge on any atom is -0.368 e. The maximum atomic E-state index is 13.3. The van der Waals surface area contributed by atoms with Crippen molar-refractivity contribution in [2.45, 2.75) is 88.9 Å². The molecule has 8 heteroatoms. The molecule has 0 N–H and O–H groups in total. The van der Waals surface area contributed by atoms with Gasteiger partial charge in [0.15, 0.2) is 11.0 Å². The second-order valence-corrected chi connectivity index (χ2v) is 9.71. The van der Waals surface area contributed by atoms with Crippen molar-refractivity contribution in [2.75, 3.05) is 0 Å². The van der Waals surface area contributed by atoms with Crippen LogP contribution in [-0.4, -0.2) is 26.5 Å². The number of oxime groups is 1. The highest BCUT2D eigenvalue weighted by Gasteiger charge is 2.30. The van der Waals surface area contributed by atoms with E-state index < -0.39 is 0 Å². The van der Waals surface area contributed by atoms with E-state index in [-0.39, 0.29) is 17.6 Å². The molecule has 0 radical (unpaired) electrons. The lowest BCUT2D eigenvalue weighted by molar-refractivity contribution is 0.0212. The fourth-order valence-corrected chi connectivity index (χ4v) is 5.32. The van der Waals surface area contributed by atoms with Crippen LogP contribution in [0.15, 0.2) is 51.6 Å². The molecule has 0 amide bonds. The molecule has 1 aliphatic carbocycles. The summed E-state index contributed by atoms with van der Waals surface area (Å²) in [5, 5.41) is 5.11. The number of nitrogens with zero attached hydrogens (tertiary/aromatic N) is 4. The van der Waals surface area contributed by atoms with E-state index in [1.54, 1.807) is 12.1 Å². The first-order chi connectivity index (χ1) is 16.6. The minimum atomic E-state index is -0.255. The monoisotopic (exact) mass is 484 g/mol. The van der Waals surface area contributed by atoms with Gasteiger partial charge in [0.05, 0.1) is 6.54 Å². The Bertz CT molecular complexity index is 1100. The molecule has 1 atom stereocenters. The lowest BCUT2D eigenvalue weighted by Crippen LogP contribution is -2.35. The Morgan fingerprint density at radius 1 is 1.21 bits per heavy atom. The van der Waals surface area contributed by atoms with E-state index in [0.717, 1.165) is 74.0 Å². The maximum Gasteiger partial charge on any atom is 0.277 e. The number of benzene rings is 1. The predicted molar refractivity (Wildman–Crippen MR) is 134 cm³/mol. The van der Waals surface area contributed by atoms with Gasteiger partial charge in [-0.1, -0.05) is 68.2 Å². The predicted octanol–water partition coefficient (Wildman–Crippen LogP) is 5.64. The number of fused-ring (bicyclic) bond motifs is 1. The standard InChI is InChI=1S/C26H33FN4O2S/c1-3-5-6-7-16-30-23(29-33-24(30)9-4-2)17-31-22-11-8-10-21(22)25(32)28-26(31)34-18-19-12-14-20(27)15-13-19/h7,12-16,24H,3-6,8-11,17-18H2,1-2H3/b16-7+. The molecule has 0 saturated carbocycles. The molecule has 2 heterocycles. The third-order valence-electron chi connectivity index (χ3n) is 6.20. The maximum absolute atomic E-state index is 13.3. The summed E-state index contributed by atoms with van der Waals surface area (Å²) in [7, 11) is 0. The van der Waals surface area contributed by atoms with E-state index in [1.807, 2.05) is 0 Å². The van der Waals surface area contributed by atoms with Gasteiger partial charge in [0.1, 0.15) is 5.82 Å². The van der Waals surface area contributed by atoms with E-state index in [2.05, 4.69) is 45.7 Å². The van der Waals surface area contributed by atoms with Gasteiger partial charge in [0.2, 0.25) is 6.23 Å². The average Bonchev–Trinajstić information content (AvgIpc) is 3.47. The molecule has 182 valence electrons. The Hall–Kier alpha value is -2.61. The zero-order valence-corrected chi connectivity index (χ0v) is 20.8. The van der Waals surface area contributed by atoms with Crippen molar-refractivity contribution in [1.82, 2.24) is 14.5 Å². The van der Waals surface area contributed by atoms with Crippen molar-refractivity contribution in [2.24, 2.45) is 5.16 Å². The molecule has 0 saturated heterocycles. The molecule has 1 aliphatic heterocycles. The Balaban J connectivity index is 1.60. The lowest BCUT2D eigenvalue weighted by Gasteiger charge is -2.23. The van der Waals surface area contributed by atoms with Crippen LogP contribution in [0.4, 0.5) is 4.39 Å². The Morgan fingerprint density at radius 3 is 2.79 bits per heavy atom. The highest BCUT2D eigenvalue weighted by Crippen LogP contribution is 2.28. The van der Waals surface area contributed by atoms with E-state index >= 15 is 0 Å². The zero-order chi connectivity index (χ0) is 23.9. The van der Waals surface area contributed by atoms with Crippen LogP contribution >= 0.6 is 11.8 Å². The molecule has 4 rings (SSSR count). The molecule has 0 fully saturated rings. The number of hydrogen-bond donors (Lipinski definition) is 0. The van der Waals surface area contributed by atoms with Crippen LogP contribution in [0, 0.1) is 5.82 Å². The summed E-state index contributed by atoms with van der Waals surface area (Å²) < 4.78 is 15.4. The van der Waals surface area contributed by atoms with Crippen LogP contribution in [0.1, 0.15) is 69.2 Å². The smallest absolute Gasteiger partial charge is 0.277 e. The molecule has 2 aliphatic rings. The molecule has 1 aromatic heterocycles. The first kappa shape index (κ1) is 24.5. The van der Waals surface area contributed by atoms with Crippen molar-refractivity contribution in [3.05, 3.63) is 69.5 Å². The van der Waals surface area contributed by atoms with Gasteiger partial charge in [0, 0.05) is 29.6 Å². The molecular formula is C26H33FN4O2S. The van der Waals surface area contributed by atoms with Crippen molar-refractivity contribution < 1.29 is 9.23 Å². The van der Waals surface area contributed by atoms with Crippen molar-refractivity contribution in [3.63, 3.8) is 0 Å². The Labute approximate surface area is 204 Å². The summed E-state index contributed by atoms with van der Waals surface area (Å²) in [4.78, 5) is 25.1. The number of rotatable bonds is 11. The van der Waals surface area contributed by atoms with Gasteiger partial charge in [-0.2, -0.15) is 4.98 Å². The number of thioether (sulfide) groups is 1. The number of hydrogen-bond acceptors (Lipinski definition) is 6. The van der Waals surface area contributed by atoms with Gasteiger partial charge in [-0.15, -0.1) is 0 Å². The Morgan fingerprint density at radius 2 is 2.03 bits per heavy atom. The van der Waals surface area contributed by atoms with E-state index in [1.165, 1.54) is 23.9 Å². The van der Waals surface area contributed by atoms with E-state index in [9.17, 15) is 9.18 Å². The van der Waals surface area contributed by atoms with Gasteiger partial charge >= 0.3 is 0 Å². The van der Waals surface area contributed by atoms with Crippen LogP contribution in [-0.2, 0) is 30.0 Å². The normalized spacial score (nSPS) is 17.3. The number of allylic oxidation sites excluding steroid dienone is 1. The largest absolute Gasteiger partial charge is 0.368 e. The number of amidine groups is 1. The third kappa shape index (κ3) is 5.71. The van der Waals surface area contributed by atoms with Crippen LogP contribution in [0.2, 0.25) is 0 Å². The van der Waals surface area contributed by atoms with E-state index in [0.29, 0.717) is 17.5 Å². The first-order valence-corrected chi connectivity index (χ1v) is 13.3. The fourth-order valence-electron chi connectivity index (χ4n) is 4.36. The van der Waals surface area contributed by atoms with Gasteiger partial charge in [-0.25, -0.2) is 4.39 Å². The minimum absolute atomic E-state index is 0.103.